The Balaban J connectivity index is 2.44. The fourth-order valence-electron chi connectivity index (χ4n) is 2.19. The molecule has 8 nitrogen and oxygen atoms in total. The summed E-state index contributed by atoms with van der Waals surface area (Å²) in [5.74, 6) is 0. The number of nitrogens with one attached hydrogen (secondary N) is 1. The topological polar surface area (TPSA) is 94.2 Å². The molecule has 0 aromatic heterocycles. The largest absolute Gasteiger partial charge is 0.508 e. The number of piperidine rings is 1. The molecule has 1 aliphatic rings. The van der Waals surface area contributed by atoms with Crippen LogP contribution in [-0.2, 0) is 24.2 Å². The molecule has 1 fully saturated rings. The molecule has 1 atom stereocenters. The lowest BCUT2D eigenvalue weighted by atomic mass is 10.1. The Morgan fingerprint density at radius 2 is 1.91 bits per heavy atom. The molecular formula is C14H28N2O6S. The van der Waals surface area contributed by atoms with E-state index in [1.807, 2.05) is 13.8 Å². The number of rotatable bonds is 8. The van der Waals surface area contributed by atoms with Crippen LogP contribution >= 0.6 is 0 Å². The number of sulfonamides is 1. The van der Waals surface area contributed by atoms with Crippen LogP contribution in [0.15, 0.2) is 0 Å². The number of carbonyl (C=O) groups excluding carboxylic acids is 1. The summed E-state index contributed by atoms with van der Waals surface area (Å²) in [5.41, 5.74) is 0. The van der Waals surface area contributed by atoms with Gasteiger partial charge in [-0.2, -0.15) is 0 Å². The summed E-state index contributed by atoms with van der Waals surface area (Å²) in [5, 5.41) is 3.18. The van der Waals surface area contributed by atoms with E-state index in [2.05, 4.69) is 5.32 Å². The van der Waals surface area contributed by atoms with E-state index in [1.165, 1.54) is 11.4 Å². The number of hydrogen-bond acceptors (Lipinski definition) is 7. The molecule has 1 aliphatic heterocycles. The van der Waals surface area contributed by atoms with Crippen LogP contribution in [0.2, 0.25) is 0 Å². The Labute approximate surface area is 138 Å². The smallest absolute Gasteiger partial charge is 0.431 e. The minimum absolute atomic E-state index is 0.0537. The molecule has 0 amide bonds. The predicted octanol–water partition coefficient (Wildman–Crippen LogP) is 0.577. The maximum absolute atomic E-state index is 11.7. The minimum Gasteiger partial charge on any atom is -0.431 e. The van der Waals surface area contributed by atoms with Gasteiger partial charge in [0.15, 0.2) is 0 Å². The van der Waals surface area contributed by atoms with Gasteiger partial charge < -0.3 is 19.5 Å². The number of carbonyl (C=O) groups is 1. The van der Waals surface area contributed by atoms with Crippen molar-refractivity contribution in [3.05, 3.63) is 0 Å². The Hall–Kier alpha value is -0.900. The summed E-state index contributed by atoms with van der Waals surface area (Å²) in [6.45, 7) is 5.35. The third kappa shape index (κ3) is 8.50. The fourth-order valence-corrected chi connectivity index (χ4v) is 2.62. The molecule has 0 saturated carbocycles. The van der Waals surface area contributed by atoms with E-state index >= 15 is 0 Å². The standard InChI is InChI=1S/C14H28N2O6S/c1-11(2)21-13(9-16(3)23(4,18)19)10-20-14(17)22-12-5-7-15-8-6-12/h11-13,15H,5-10H2,1-4H3. The minimum atomic E-state index is -3.32. The third-order valence-electron chi connectivity index (χ3n) is 3.43. The summed E-state index contributed by atoms with van der Waals surface area (Å²) in [4.78, 5) is 11.7. The number of likely N-dealkylation sites (N-methyl/N-ethyl adjacent to an activating group) is 1. The van der Waals surface area contributed by atoms with Crippen molar-refractivity contribution in [2.75, 3.05) is 39.5 Å². The van der Waals surface area contributed by atoms with E-state index in [-0.39, 0.29) is 25.4 Å². The first-order valence-corrected chi connectivity index (χ1v) is 9.64. The predicted molar refractivity (Wildman–Crippen MR) is 85.8 cm³/mol. The normalized spacial score (nSPS) is 18.2. The van der Waals surface area contributed by atoms with E-state index in [1.54, 1.807) is 0 Å². The van der Waals surface area contributed by atoms with Gasteiger partial charge in [-0.25, -0.2) is 17.5 Å². The van der Waals surface area contributed by atoms with E-state index < -0.39 is 22.3 Å². The maximum atomic E-state index is 11.7. The quantitative estimate of drug-likeness (QED) is 0.638. The molecule has 0 aromatic rings. The molecule has 0 bridgehead atoms. The lowest BCUT2D eigenvalue weighted by molar-refractivity contribution is -0.0529. The zero-order valence-corrected chi connectivity index (χ0v) is 15.1. The first kappa shape index (κ1) is 20.1. The van der Waals surface area contributed by atoms with Crippen molar-refractivity contribution in [1.29, 1.82) is 0 Å². The van der Waals surface area contributed by atoms with Crippen LogP contribution in [-0.4, -0.2) is 76.7 Å². The monoisotopic (exact) mass is 352 g/mol. The summed E-state index contributed by atoms with van der Waals surface area (Å²) in [6, 6.07) is 0. The SMILES string of the molecule is CC(C)OC(COC(=O)OC1CCNCC1)CN(C)S(C)(=O)=O. The molecule has 1 saturated heterocycles. The van der Waals surface area contributed by atoms with E-state index in [0.29, 0.717) is 0 Å². The van der Waals surface area contributed by atoms with Gasteiger partial charge >= 0.3 is 6.16 Å². The first-order chi connectivity index (χ1) is 10.7. The molecule has 1 unspecified atom stereocenters. The summed E-state index contributed by atoms with van der Waals surface area (Å²) >= 11 is 0. The van der Waals surface area contributed by atoms with Crippen molar-refractivity contribution in [3.63, 3.8) is 0 Å². The second-order valence-electron chi connectivity index (χ2n) is 5.98. The van der Waals surface area contributed by atoms with Gasteiger partial charge in [-0.1, -0.05) is 0 Å². The van der Waals surface area contributed by atoms with Gasteiger partial charge in [0, 0.05) is 13.6 Å². The number of nitrogens with zero attached hydrogens (tertiary/aromatic N) is 1. The van der Waals surface area contributed by atoms with Gasteiger partial charge in [-0.05, 0) is 39.8 Å². The Kier molecular flexibility index (Phi) is 8.24. The van der Waals surface area contributed by atoms with Crippen LogP contribution < -0.4 is 5.32 Å². The molecule has 1 rings (SSSR count). The van der Waals surface area contributed by atoms with Crippen LogP contribution in [0.5, 0.6) is 0 Å². The highest BCUT2D eigenvalue weighted by Gasteiger charge is 2.23. The van der Waals surface area contributed by atoms with Crippen molar-refractivity contribution in [2.45, 2.75) is 45.0 Å². The molecule has 23 heavy (non-hydrogen) atoms. The van der Waals surface area contributed by atoms with Crippen LogP contribution in [0.4, 0.5) is 4.79 Å². The lowest BCUT2D eigenvalue weighted by Crippen LogP contribution is -2.39. The van der Waals surface area contributed by atoms with Crippen LogP contribution in [0.1, 0.15) is 26.7 Å². The van der Waals surface area contributed by atoms with Crippen molar-refractivity contribution in [3.8, 4) is 0 Å². The Morgan fingerprint density at radius 3 is 2.43 bits per heavy atom. The van der Waals surface area contributed by atoms with Crippen molar-refractivity contribution < 1.29 is 27.4 Å². The molecule has 1 N–H and O–H groups in total. The fraction of sp³-hybridized carbons (Fsp3) is 0.929. The van der Waals surface area contributed by atoms with Crippen LogP contribution in [0.25, 0.3) is 0 Å². The van der Waals surface area contributed by atoms with Gasteiger partial charge in [-0.15, -0.1) is 0 Å². The highest BCUT2D eigenvalue weighted by Crippen LogP contribution is 2.10. The van der Waals surface area contributed by atoms with Crippen LogP contribution in [0.3, 0.4) is 0 Å². The Morgan fingerprint density at radius 1 is 1.30 bits per heavy atom. The highest BCUT2D eigenvalue weighted by atomic mass is 32.2. The number of ether oxygens (including phenoxy) is 3. The Bertz CT molecular complexity index is 462. The molecule has 136 valence electrons. The van der Waals surface area contributed by atoms with Gasteiger partial charge in [0.25, 0.3) is 0 Å². The van der Waals surface area contributed by atoms with E-state index in [9.17, 15) is 13.2 Å². The zero-order valence-electron chi connectivity index (χ0n) is 14.3. The molecule has 1 heterocycles. The third-order valence-corrected chi connectivity index (χ3v) is 4.71. The van der Waals surface area contributed by atoms with Gasteiger partial charge in [0.1, 0.15) is 18.8 Å². The average Bonchev–Trinajstić information content (AvgIpc) is 2.44. The average molecular weight is 352 g/mol. The second kappa shape index (κ2) is 9.41. The zero-order chi connectivity index (χ0) is 17.5. The van der Waals surface area contributed by atoms with Gasteiger partial charge in [0.05, 0.1) is 12.4 Å². The molecule has 0 radical (unpaired) electrons. The highest BCUT2D eigenvalue weighted by molar-refractivity contribution is 7.88. The molecule has 0 aliphatic carbocycles. The molecule has 9 heteroatoms. The molecular weight excluding hydrogens is 324 g/mol. The van der Waals surface area contributed by atoms with Crippen LogP contribution in [0, 0.1) is 0 Å². The first-order valence-electron chi connectivity index (χ1n) is 7.79. The maximum Gasteiger partial charge on any atom is 0.508 e. The summed E-state index contributed by atoms with van der Waals surface area (Å²) in [6.07, 6.45) is 1.11. The molecule has 0 aromatic carbocycles. The lowest BCUT2D eigenvalue weighted by Gasteiger charge is -2.25. The summed E-state index contributed by atoms with van der Waals surface area (Å²) < 4.78 is 40.1. The van der Waals surface area contributed by atoms with E-state index in [4.69, 9.17) is 14.2 Å². The van der Waals surface area contributed by atoms with Gasteiger partial charge in [0.2, 0.25) is 10.0 Å². The summed E-state index contributed by atoms with van der Waals surface area (Å²) in [7, 11) is -1.86. The number of hydrogen-bond donors (Lipinski definition) is 1. The van der Waals surface area contributed by atoms with Gasteiger partial charge in [-0.3, -0.25) is 0 Å². The van der Waals surface area contributed by atoms with E-state index in [0.717, 1.165) is 32.2 Å². The van der Waals surface area contributed by atoms with Crippen molar-refractivity contribution >= 4 is 16.2 Å². The second-order valence-corrected chi connectivity index (χ2v) is 8.07. The van der Waals surface area contributed by atoms with Crippen molar-refractivity contribution in [2.24, 2.45) is 0 Å². The van der Waals surface area contributed by atoms with Crippen molar-refractivity contribution in [1.82, 2.24) is 9.62 Å². The molecule has 0 spiro atoms.